The van der Waals surface area contributed by atoms with E-state index in [4.69, 9.17) is 14.2 Å². The fourth-order valence-electron chi connectivity index (χ4n) is 5.21. The van der Waals surface area contributed by atoms with Crippen molar-refractivity contribution in [3.8, 4) is 11.5 Å². The second kappa shape index (κ2) is 15.4. The van der Waals surface area contributed by atoms with Crippen molar-refractivity contribution >= 4 is 29.2 Å². The maximum absolute atomic E-state index is 12.6. The number of carbonyl (C=O) groups is 3. The first kappa shape index (κ1) is 31.2. The highest BCUT2D eigenvalue weighted by Crippen LogP contribution is 2.29. The molecular weight excluding hydrogens is 536 g/mol. The van der Waals surface area contributed by atoms with Gasteiger partial charge in [-0.05, 0) is 62.4 Å². The Morgan fingerprint density at radius 3 is 2.55 bits per heavy atom. The van der Waals surface area contributed by atoms with Gasteiger partial charge in [-0.2, -0.15) is 0 Å². The molecule has 0 saturated carbocycles. The SMILES string of the molecule is CCOC(=O)C(NC(=O)COc1ccccc1N1CCN(CCCCOc2ccc3c(c2)NC(=O)CC3)CC1)C(C)C. The molecule has 0 radical (unpaired) electrons. The van der Waals surface area contributed by atoms with Crippen molar-refractivity contribution in [1.82, 2.24) is 10.2 Å². The fraction of sp³-hybridized carbons (Fsp3) is 0.531. The standard InChI is InChI=1S/C32H44N4O6/c1-4-40-32(39)31(23(2)3)34-30(38)22-42-28-10-6-5-9-27(28)36-18-16-35(17-19-36)15-7-8-20-41-25-13-11-24-12-14-29(37)33-26(24)21-25/h5-6,9-11,13,21,23,31H,4,7-8,12,14-20,22H2,1-3H3,(H,33,37)(H,34,38). The maximum atomic E-state index is 12.6. The largest absolute Gasteiger partial charge is 0.494 e. The van der Waals surface area contributed by atoms with Gasteiger partial charge < -0.3 is 29.7 Å². The van der Waals surface area contributed by atoms with Crippen LogP contribution in [-0.4, -0.2) is 81.3 Å². The summed E-state index contributed by atoms with van der Waals surface area (Å²) in [5.41, 5.74) is 2.99. The van der Waals surface area contributed by atoms with Crippen molar-refractivity contribution in [3.63, 3.8) is 0 Å². The molecule has 2 amide bonds. The number of nitrogens with zero attached hydrogens (tertiary/aromatic N) is 2. The molecule has 0 spiro atoms. The molecular formula is C32H44N4O6. The predicted molar refractivity (Wildman–Crippen MR) is 162 cm³/mol. The van der Waals surface area contributed by atoms with Crippen LogP contribution in [-0.2, 0) is 25.5 Å². The molecule has 2 aliphatic rings. The third-order valence-corrected chi connectivity index (χ3v) is 7.57. The Morgan fingerprint density at radius 1 is 1.00 bits per heavy atom. The van der Waals surface area contributed by atoms with E-state index in [-0.39, 0.29) is 30.9 Å². The molecule has 2 aromatic rings. The van der Waals surface area contributed by atoms with Crippen molar-refractivity contribution in [2.45, 2.75) is 52.5 Å². The van der Waals surface area contributed by atoms with Gasteiger partial charge in [-0.3, -0.25) is 14.5 Å². The summed E-state index contributed by atoms with van der Waals surface area (Å²) in [6.45, 7) is 10.8. The van der Waals surface area contributed by atoms with Crippen LogP contribution in [0.5, 0.6) is 11.5 Å². The molecule has 4 rings (SSSR count). The summed E-state index contributed by atoms with van der Waals surface area (Å²) >= 11 is 0. The number of anilines is 2. The molecule has 10 heteroatoms. The lowest BCUT2D eigenvalue weighted by molar-refractivity contribution is -0.148. The molecule has 10 nitrogen and oxygen atoms in total. The molecule has 2 aromatic carbocycles. The first-order chi connectivity index (χ1) is 20.3. The van der Waals surface area contributed by atoms with Crippen LogP contribution >= 0.6 is 0 Å². The number of ether oxygens (including phenoxy) is 3. The Labute approximate surface area is 248 Å². The summed E-state index contributed by atoms with van der Waals surface area (Å²) in [6, 6.07) is 13.0. The minimum Gasteiger partial charge on any atom is -0.494 e. The molecule has 1 saturated heterocycles. The van der Waals surface area contributed by atoms with E-state index in [9.17, 15) is 14.4 Å². The van der Waals surface area contributed by atoms with Crippen molar-refractivity contribution in [2.24, 2.45) is 5.92 Å². The number of amides is 2. The van der Waals surface area contributed by atoms with Crippen molar-refractivity contribution < 1.29 is 28.6 Å². The zero-order chi connectivity index (χ0) is 29.9. The first-order valence-corrected chi connectivity index (χ1v) is 15.0. The number of benzene rings is 2. The van der Waals surface area contributed by atoms with Gasteiger partial charge in [-0.1, -0.05) is 32.0 Å². The highest BCUT2D eigenvalue weighted by atomic mass is 16.5. The number of aryl methyl sites for hydroxylation is 1. The van der Waals surface area contributed by atoms with Crippen LogP contribution in [0.4, 0.5) is 11.4 Å². The highest BCUT2D eigenvalue weighted by molar-refractivity contribution is 5.94. The molecule has 2 N–H and O–H groups in total. The second-order valence-corrected chi connectivity index (χ2v) is 11.0. The second-order valence-electron chi connectivity index (χ2n) is 11.0. The molecule has 2 aliphatic heterocycles. The Morgan fingerprint density at radius 2 is 1.79 bits per heavy atom. The molecule has 1 fully saturated rings. The summed E-state index contributed by atoms with van der Waals surface area (Å²) in [5.74, 6) is 0.620. The number of rotatable bonds is 14. The Balaban J connectivity index is 1.17. The van der Waals surface area contributed by atoms with E-state index in [1.165, 1.54) is 0 Å². The third-order valence-electron chi connectivity index (χ3n) is 7.57. The highest BCUT2D eigenvalue weighted by Gasteiger charge is 2.26. The van der Waals surface area contributed by atoms with E-state index in [2.05, 4.69) is 20.4 Å². The van der Waals surface area contributed by atoms with E-state index >= 15 is 0 Å². The molecule has 1 unspecified atom stereocenters. The van der Waals surface area contributed by atoms with Crippen LogP contribution < -0.4 is 25.0 Å². The van der Waals surface area contributed by atoms with Gasteiger partial charge in [0.2, 0.25) is 5.91 Å². The summed E-state index contributed by atoms with van der Waals surface area (Å²) in [7, 11) is 0. The Kier molecular flexibility index (Phi) is 11.5. The van der Waals surface area contributed by atoms with Gasteiger partial charge >= 0.3 is 5.97 Å². The molecule has 228 valence electrons. The lowest BCUT2D eigenvalue weighted by Crippen LogP contribution is -2.47. The maximum Gasteiger partial charge on any atom is 0.328 e. The molecule has 0 bridgehead atoms. The molecule has 2 heterocycles. The van der Waals surface area contributed by atoms with E-state index < -0.39 is 12.0 Å². The van der Waals surface area contributed by atoms with Crippen molar-refractivity contribution in [3.05, 3.63) is 48.0 Å². The number of para-hydroxylation sites is 2. The van der Waals surface area contributed by atoms with Gasteiger partial charge in [-0.25, -0.2) is 4.79 Å². The predicted octanol–water partition coefficient (Wildman–Crippen LogP) is 3.64. The number of carbonyl (C=O) groups excluding carboxylic acids is 3. The average Bonchev–Trinajstić information content (AvgIpc) is 2.99. The van der Waals surface area contributed by atoms with Crippen molar-refractivity contribution in [2.75, 3.05) is 62.8 Å². The lowest BCUT2D eigenvalue weighted by Gasteiger charge is -2.36. The topological polar surface area (TPSA) is 109 Å². The number of unbranched alkanes of at least 4 members (excludes halogenated alkanes) is 1. The van der Waals surface area contributed by atoms with Crippen LogP contribution in [0.15, 0.2) is 42.5 Å². The zero-order valence-corrected chi connectivity index (χ0v) is 25.0. The van der Waals surface area contributed by atoms with Crippen LogP contribution in [0.1, 0.15) is 45.6 Å². The van der Waals surface area contributed by atoms with Crippen LogP contribution in [0.25, 0.3) is 0 Å². The minimum atomic E-state index is -0.705. The summed E-state index contributed by atoms with van der Waals surface area (Å²) in [4.78, 5) is 41.2. The quantitative estimate of drug-likeness (QED) is 0.258. The number of fused-ring (bicyclic) bond motifs is 1. The zero-order valence-electron chi connectivity index (χ0n) is 25.0. The Bertz CT molecular complexity index is 1210. The smallest absolute Gasteiger partial charge is 0.328 e. The van der Waals surface area contributed by atoms with Crippen molar-refractivity contribution in [1.29, 1.82) is 0 Å². The number of hydrogen-bond acceptors (Lipinski definition) is 8. The summed E-state index contributed by atoms with van der Waals surface area (Å²) in [6.07, 6.45) is 3.32. The van der Waals surface area contributed by atoms with Gasteiger partial charge in [0.15, 0.2) is 6.61 Å². The van der Waals surface area contributed by atoms with E-state index in [1.54, 1.807) is 6.92 Å². The minimum absolute atomic E-state index is 0.0609. The first-order valence-electron chi connectivity index (χ1n) is 15.0. The van der Waals surface area contributed by atoms with E-state index in [0.717, 1.165) is 74.7 Å². The normalized spacial score (nSPS) is 15.9. The Hall–Kier alpha value is -3.79. The number of esters is 1. The van der Waals surface area contributed by atoms with E-state index in [1.807, 2.05) is 56.3 Å². The average molecular weight is 581 g/mol. The number of hydrogen-bond donors (Lipinski definition) is 2. The monoisotopic (exact) mass is 580 g/mol. The number of nitrogens with one attached hydrogen (secondary N) is 2. The van der Waals surface area contributed by atoms with Gasteiger partial charge in [-0.15, -0.1) is 0 Å². The summed E-state index contributed by atoms with van der Waals surface area (Å²) < 4.78 is 16.9. The summed E-state index contributed by atoms with van der Waals surface area (Å²) in [5, 5.41) is 5.67. The number of piperazine rings is 1. The van der Waals surface area contributed by atoms with Crippen LogP contribution in [0.2, 0.25) is 0 Å². The lowest BCUT2D eigenvalue weighted by atomic mass is 10.0. The molecule has 0 aliphatic carbocycles. The molecule has 0 aromatic heterocycles. The van der Waals surface area contributed by atoms with Gasteiger partial charge in [0.1, 0.15) is 17.5 Å². The van der Waals surface area contributed by atoms with Gasteiger partial charge in [0, 0.05) is 44.4 Å². The molecule has 42 heavy (non-hydrogen) atoms. The van der Waals surface area contributed by atoms with E-state index in [0.29, 0.717) is 18.8 Å². The fourth-order valence-corrected chi connectivity index (χ4v) is 5.21. The van der Waals surface area contributed by atoms with Crippen LogP contribution in [0, 0.1) is 5.92 Å². The third kappa shape index (κ3) is 8.85. The van der Waals surface area contributed by atoms with Crippen LogP contribution in [0.3, 0.4) is 0 Å². The van der Waals surface area contributed by atoms with Gasteiger partial charge in [0.05, 0.1) is 18.9 Å². The van der Waals surface area contributed by atoms with Gasteiger partial charge in [0.25, 0.3) is 5.91 Å². The molecule has 1 atom stereocenters.